The molecule has 20 heavy (non-hydrogen) atoms. The van der Waals surface area contributed by atoms with Crippen LogP contribution in [0.1, 0.15) is 18.4 Å². The predicted molar refractivity (Wildman–Crippen MR) is 81.9 cm³/mol. The van der Waals surface area contributed by atoms with Crippen molar-refractivity contribution < 1.29 is 4.74 Å². The van der Waals surface area contributed by atoms with Crippen LogP contribution in [0.5, 0.6) is 0 Å². The van der Waals surface area contributed by atoms with Crippen LogP contribution in [0, 0.1) is 5.92 Å². The van der Waals surface area contributed by atoms with E-state index in [1.807, 2.05) is 7.11 Å². The van der Waals surface area contributed by atoms with Gasteiger partial charge < -0.3 is 10.1 Å². The number of rotatable bonds is 4. The summed E-state index contributed by atoms with van der Waals surface area (Å²) in [5.74, 6) is 0.636. The Bertz CT molecular complexity index is 403. The molecule has 2 atom stereocenters. The average Bonchev–Trinajstić information content (AvgIpc) is 2.92. The Morgan fingerprint density at radius 1 is 1.15 bits per heavy atom. The van der Waals surface area contributed by atoms with Crippen molar-refractivity contribution in [1.82, 2.24) is 10.2 Å². The summed E-state index contributed by atoms with van der Waals surface area (Å²) in [5.41, 5.74) is 1.44. The molecule has 0 radical (unpaired) electrons. The summed E-state index contributed by atoms with van der Waals surface area (Å²) in [6.45, 7) is 4.64. The molecule has 0 amide bonds. The van der Waals surface area contributed by atoms with Gasteiger partial charge in [0.2, 0.25) is 0 Å². The monoisotopic (exact) mass is 274 g/mol. The summed E-state index contributed by atoms with van der Waals surface area (Å²) in [6.07, 6.45) is 4.11. The van der Waals surface area contributed by atoms with Crippen LogP contribution in [0.15, 0.2) is 30.3 Å². The molecule has 0 unspecified atom stereocenters. The van der Waals surface area contributed by atoms with Crippen molar-refractivity contribution in [2.75, 3.05) is 33.3 Å². The zero-order chi connectivity index (χ0) is 13.8. The summed E-state index contributed by atoms with van der Waals surface area (Å²) in [4.78, 5) is 2.67. The molecule has 2 fully saturated rings. The largest absolute Gasteiger partial charge is 0.380 e. The molecule has 3 nitrogen and oxygen atoms in total. The van der Waals surface area contributed by atoms with E-state index in [0.29, 0.717) is 12.0 Å². The third-order valence-electron chi connectivity index (χ3n) is 4.88. The first kappa shape index (κ1) is 14.1. The fourth-order valence-electron chi connectivity index (χ4n) is 3.72. The molecule has 1 aromatic rings. The number of ether oxygens (including phenoxy) is 1. The van der Waals surface area contributed by atoms with E-state index < -0.39 is 0 Å². The molecule has 2 aliphatic heterocycles. The second kappa shape index (κ2) is 6.70. The molecule has 3 rings (SSSR count). The average molecular weight is 274 g/mol. The van der Waals surface area contributed by atoms with E-state index in [1.54, 1.807) is 0 Å². The van der Waals surface area contributed by atoms with E-state index in [0.717, 1.165) is 19.0 Å². The van der Waals surface area contributed by atoms with E-state index >= 15 is 0 Å². The lowest BCUT2D eigenvalue weighted by Gasteiger charge is -2.31. The number of nitrogens with zero attached hydrogens (tertiary/aromatic N) is 1. The Morgan fingerprint density at radius 2 is 1.90 bits per heavy atom. The number of hydrogen-bond acceptors (Lipinski definition) is 3. The smallest absolute Gasteiger partial charge is 0.0741 e. The van der Waals surface area contributed by atoms with Crippen LogP contribution >= 0.6 is 0 Å². The van der Waals surface area contributed by atoms with Gasteiger partial charge in [-0.2, -0.15) is 0 Å². The maximum atomic E-state index is 5.76. The van der Waals surface area contributed by atoms with Crippen molar-refractivity contribution in [3.05, 3.63) is 35.9 Å². The number of methoxy groups -OCH3 is 1. The molecule has 0 aliphatic carbocycles. The highest BCUT2D eigenvalue weighted by molar-refractivity contribution is 5.16. The highest BCUT2D eigenvalue weighted by Gasteiger charge is 2.36. The molecule has 3 heteroatoms. The zero-order valence-electron chi connectivity index (χ0n) is 12.4. The molecular formula is C17H26N2O. The molecule has 0 bridgehead atoms. The molecular weight excluding hydrogens is 248 g/mol. The molecule has 1 aromatic carbocycles. The number of hydrogen-bond donors (Lipinski definition) is 1. The maximum absolute atomic E-state index is 5.76. The minimum atomic E-state index is 0.394. The van der Waals surface area contributed by atoms with E-state index in [9.17, 15) is 0 Å². The third kappa shape index (κ3) is 3.22. The topological polar surface area (TPSA) is 24.5 Å². The fraction of sp³-hybridized carbons (Fsp3) is 0.647. The molecule has 2 saturated heterocycles. The fourth-order valence-corrected chi connectivity index (χ4v) is 3.72. The maximum Gasteiger partial charge on any atom is 0.0741 e. The highest BCUT2D eigenvalue weighted by atomic mass is 16.5. The first-order chi connectivity index (χ1) is 9.86. The van der Waals surface area contributed by atoms with Crippen molar-refractivity contribution in [3.63, 3.8) is 0 Å². The second-order valence-corrected chi connectivity index (χ2v) is 6.16. The lowest BCUT2D eigenvalue weighted by molar-refractivity contribution is 0.0742. The van der Waals surface area contributed by atoms with Crippen LogP contribution in [0.2, 0.25) is 0 Å². The summed E-state index contributed by atoms with van der Waals surface area (Å²) in [5, 5.41) is 3.46. The standard InChI is InChI=1S/C17H26N2O/c1-20-17-13-19(16-7-9-18-10-8-16)12-15(17)11-14-5-3-2-4-6-14/h2-6,15-18H,7-13H2,1H3/t15-,17-/m1/s1. The minimum absolute atomic E-state index is 0.394. The molecule has 0 saturated carbocycles. The van der Waals surface area contributed by atoms with Crippen LogP contribution in [0.4, 0.5) is 0 Å². The minimum Gasteiger partial charge on any atom is -0.380 e. The zero-order valence-corrected chi connectivity index (χ0v) is 12.4. The lowest BCUT2D eigenvalue weighted by atomic mass is 9.96. The van der Waals surface area contributed by atoms with Gasteiger partial charge in [0, 0.05) is 32.2 Å². The Hall–Kier alpha value is -0.900. The Morgan fingerprint density at radius 3 is 2.60 bits per heavy atom. The van der Waals surface area contributed by atoms with Gasteiger partial charge in [-0.3, -0.25) is 4.90 Å². The van der Waals surface area contributed by atoms with Crippen LogP contribution in [0.3, 0.4) is 0 Å². The van der Waals surface area contributed by atoms with Gasteiger partial charge in [-0.1, -0.05) is 30.3 Å². The number of benzene rings is 1. The van der Waals surface area contributed by atoms with Crippen LogP contribution in [0.25, 0.3) is 0 Å². The van der Waals surface area contributed by atoms with Crippen molar-refractivity contribution in [1.29, 1.82) is 0 Å². The van der Waals surface area contributed by atoms with Crippen LogP contribution in [-0.2, 0) is 11.2 Å². The van der Waals surface area contributed by atoms with Gasteiger partial charge in [0.1, 0.15) is 0 Å². The summed E-state index contributed by atoms with van der Waals surface area (Å²) >= 11 is 0. The van der Waals surface area contributed by atoms with Gasteiger partial charge in [0.05, 0.1) is 6.10 Å². The molecule has 2 aliphatic rings. The van der Waals surface area contributed by atoms with Crippen LogP contribution in [-0.4, -0.2) is 50.3 Å². The van der Waals surface area contributed by atoms with E-state index in [4.69, 9.17) is 4.74 Å². The van der Waals surface area contributed by atoms with Gasteiger partial charge in [-0.05, 0) is 37.9 Å². The van der Waals surface area contributed by atoms with Crippen molar-refractivity contribution in [3.8, 4) is 0 Å². The first-order valence-electron chi connectivity index (χ1n) is 7.88. The third-order valence-corrected chi connectivity index (χ3v) is 4.88. The van der Waals surface area contributed by atoms with Crippen molar-refractivity contribution in [2.24, 2.45) is 5.92 Å². The Labute approximate surface area is 122 Å². The highest BCUT2D eigenvalue weighted by Crippen LogP contribution is 2.27. The van der Waals surface area contributed by atoms with Crippen LogP contribution < -0.4 is 5.32 Å². The van der Waals surface area contributed by atoms with E-state index in [-0.39, 0.29) is 0 Å². The molecule has 110 valence electrons. The number of nitrogens with one attached hydrogen (secondary N) is 1. The molecule has 2 heterocycles. The quantitative estimate of drug-likeness (QED) is 0.908. The second-order valence-electron chi connectivity index (χ2n) is 6.16. The van der Waals surface area contributed by atoms with E-state index in [1.165, 1.54) is 38.0 Å². The number of piperidine rings is 1. The summed E-state index contributed by atoms with van der Waals surface area (Å²) < 4.78 is 5.76. The Kier molecular flexibility index (Phi) is 4.71. The predicted octanol–water partition coefficient (Wildman–Crippen LogP) is 1.93. The molecule has 0 spiro atoms. The molecule has 1 N–H and O–H groups in total. The normalized spacial score (nSPS) is 28.9. The van der Waals surface area contributed by atoms with Gasteiger partial charge in [0.15, 0.2) is 0 Å². The summed E-state index contributed by atoms with van der Waals surface area (Å²) in [7, 11) is 1.87. The van der Waals surface area contributed by atoms with Gasteiger partial charge >= 0.3 is 0 Å². The van der Waals surface area contributed by atoms with Gasteiger partial charge in [-0.15, -0.1) is 0 Å². The van der Waals surface area contributed by atoms with E-state index in [2.05, 4.69) is 40.5 Å². The van der Waals surface area contributed by atoms with Crippen molar-refractivity contribution >= 4 is 0 Å². The van der Waals surface area contributed by atoms with Gasteiger partial charge in [-0.25, -0.2) is 0 Å². The first-order valence-corrected chi connectivity index (χ1v) is 7.88. The number of likely N-dealkylation sites (tertiary alicyclic amines) is 1. The molecule has 0 aromatic heterocycles. The SMILES string of the molecule is CO[C@@H]1CN(C2CCNCC2)C[C@H]1Cc1ccccc1. The summed E-state index contributed by atoms with van der Waals surface area (Å²) in [6, 6.07) is 11.6. The Balaban J connectivity index is 1.62. The van der Waals surface area contributed by atoms with Crippen molar-refractivity contribution in [2.45, 2.75) is 31.4 Å². The van der Waals surface area contributed by atoms with Gasteiger partial charge in [0.25, 0.3) is 0 Å². The lowest BCUT2D eigenvalue weighted by Crippen LogP contribution is -2.42.